The summed E-state index contributed by atoms with van der Waals surface area (Å²) in [5.41, 5.74) is 5.75. The zero-order chi connectivity index (χ0) is 20.7. The number of ether oxygens (including phenoxy) is 1. The van der Waals surface area contributed by atoms with Crippen molar-refractivity contribution >= 4 is 27.5 Å². The van der Waals surface area contributed by atoms with Crippen molar-refractivity contribution in [2.75, 3.05) is 6.61 Å². The van der Waals surface area contributed by atoms with Crippen molar-refractivity contribution in [2.24, 2.45) is 0 Å². The number of carbonyl (C=O) groups is 1. The Balaban J connectivity index is 1.44. The number of hydrogen-bond acceptors (Lipinski definition) is 5. The summed E-state index contributed by atoms with van der Waals surface area (Å²) in [6, 6.07) is 15.5. The van der Waals surface area contributed by atoms with Gasteiger partial charge in [0.05, 0.1) is 22.9 Å². The molecule has 0 aliphatic carbocycles. The van der Waals surface area contributed by atoms with Crippen LogP contribution in [0.1, 0.15) is 39.6 Å². The fourth-order valence-electron chi connectivity index (χ4n) is 3.92. The van der Waals surface area contributed by atoms with Crippen molar-refractivity contribution in [3.05, 3.63) is 77.1 Å². The van der Waals surface area contributed by atoms with Gasteiger partial charge < -0.3 is 10.1 Å². The van der Waals surface area contributed by atoms with Crippen molar-refractivity contribution in [3.8, 4) is 16.3 Å². The van der Waals surface area contributed by atoms with Crippen LogP contribution in [-0.4, -0.2) is 22.5 Å². The lowest BCUT2D eigenvalue weighted by Crippen LogP contribution is -2.32. The van der Waals surface area contributed by atoms with Gasteiger partial charge in [0.1, 0.15) is 10.8 Å². The van der Waals surface area contributed by atoms with Crippen molar-refractivity contribution in [2.45, 2.75) is 26.3 Å². The maximum Gasteiger partial charge on any atom is 0.251 e. The van der Waals surface area contributed by atoms with Gasteiger partial charge in [-0.15, -0.1) is 11.3 Å². The maximum atomic E-state index is 13.0. The first kappa shape index (κ1) is 18.8. The van der Waals surface area contributed by atoms with Crippen molar-refractivity contribution < 1.29 is 9.53 Å². The average Bonchev–Trinajstić information content (AvgIpc) is 3.16. The van der Waals surface area contributed by atoms with Crippen LogP contribution in [0.4, 0.5) is 0 Å². The van der Waals surface area contributed by atoms with E-state index in [2.05, 4.69) is 17.2 Å². The highest BCUT2D eigenvalue weighted by molar-refractivity contribution is 7.21. The number of fused-ring (bicyclic) bond motifs is 2. The van der Waals surface area contributed by atoms with E-state index in [1.165, 1.54) is 0 Å². The number of benzene rings is 2. The second-order valence-corrected chi connectivity index (χ2v) is 8.52. The van der Waals surface area contributed by atoms with Gasteiger partial charge in [-0.2, -0.15) is 0 Å². The van der Waals surface area contributed by atoms with E-state index in [0.717, 1.165) is 49.8 Å². The molecular formula is C24H21N3O2S. The SMILES string of the molecule is Cc1ccnc(C)c1-c1nc2ccc(C(=O)N[C@H]3CCOc4ccccc43)cc2s1. The molecule has 2 aromatic carbocycles. The molecule has 1 aliphatic heterocycles. The Morgan fingerprint density at radius 3 is 2.90 bits per heavy atom. The molecule has 4 aromatic rings. The van der Waals surface area contributed by atoms with Crippen LogP contribution in [0.3, 0.4) is 0 Å². The number of amides is 1. The number of aromatic nitrogens is 2. The van der Waals surface area contributed by atoms with E-state index in [-0.39, 0.29) is 11.9 Å². The second-order valence-electron chi connectivity index (χ2n) is 7.49. The second kappa shape index (κ2) is 7.54. The smallest absolute Gasteiger partial charge is 0.251 e. The number of nitrogens with one attached hydrogen (secondary N) is 1. The maximum absolute atomic E-state index is 13.0. The molecule has 30 heavy (non-hydrogen) atoms. The molecule has 5 nitrogen and oxygen atoms in total. The summed E-state index contributed by atoms with van der Waals surface area (Å²) in [4.78, 5) is 22.2. The summed E-state index contributed by atoms with van der Waals surface area (Å²) in [5.74, 6) is 0.765. The fraction of sp³-hybridized carbons (Fsp3) is 0.208. The molecule has 3 heterocycles. The first-order valence-corrected chi connectivity index (χ1v) is 10.8. The van der Waals surface area contributed by atoms with E-state index in [1.807, 2.05) is 61.7 Å². The van der Waals surface area contributed by atoms with Gasteiger partial charge in [-0.25, -0.2) is 4.98 Å². The van der Waals surface area contributed by atoms with Crippen LogP contribution >= 0.6 is 11.3 Å². The minimum atomic E-state index is -0.0812. The molecule has 2 aromatic heterocycles. The van der Waals surface area contributed by atoms with Gasteiger partial charge in [0.25, 0.3) is 5.91 Å². The largest absolute Gasteiger partial charge is 0.493 e. The van der Waals surface area contributed by atoms with E-state index in [9.17, 15) is 4.79 Å². The number of hydrogen-bond donors (Lipinski definition) is 1. The van der Waals surface area contributed by atoms with E-state index in [1.54, 1.807) is 11.3 Å². The molecule has 1 aliphatic rings. The predicted molar refractivity (Wildman–Crippen MR) is 119 cm³/mol. The van der Waals surface area contributed by atoms with Crippen LogP contribution in [0.2, 0.25) is 0 Å². The van der Waals surface area contributed by atoms with Gasteiger partial charge in [0.15, 0.2) is 0 Å². The molecule has 0 bridgehead atoms. The molecule has 0 fully saturated rings. The monoisotopic (exact) mass is 415 g/mol. The molecule has 6 heteroatoms. The molecular weight excluding hydrogens is 394 g/mol. The number of carbonyl (C=O) groups excluding carboxylic acids is 1. The molecule has 1 amide bonds. The third kappa shape index (κ3) is 3.33. The van der Waals surface area contributed by atoms with Gasteiger partial charge >= 0.3 is 0 Å². The minimum Gasteiger partial charge on any atom is -0.493 e. The topological polar surface area (TPSA) is 64.1 Å². The normalized spacial score (nSPS) is 15.5. The number of thiazole rings is 1. The van der Waals surface area contributed by atoms with E-state index in [4.69, 9.17) is 9.72 Å². The Hall–Kier alpha value is -3.25. The highest BCUT2D eigenvalue weighted by Gasteiger charge is 2.23. The molecule has 0 unspecified atom stereocenters. The number of pyridine rings is 1. The zero-order valence-corrected chi connectivity index (χ0v) is 17.6. The highest BCUT2D eigenvalue weighted by atomic mass is 32.1. The van der Waals surface area contributed by atoms with Crippen LogP contribution in [0.15, 0.2) is 54.7 Å². The summed E-state index contributed by atoms with van der Waals surface area (Å²) in [7, 11) is 0. The Morgan fingerprint density at radius 2 is 2.03 bits per heavy atom. The van der Waals surface area contributed by atoms with Crippen LogP contribution < -0.4 is 10.1 Å². The molecule has 0 radical (unpaired) electrons. The van der Waals surface area contributed by atoms with E-state index in [0.29, 0.717) is 12.2 Å². The summed E-state index contributed by atoms with van der Waals surface area (Å²) in [5, 5.41) is 4.10. The first-order valence-electron chi connectivity index (χ1n) is 9.96. The van der Waals surface area contributed by atoms with E-state index < -0.39 is 0 Å². The Labute approximate surface area is 178 Å². The van der Waals surface area contributed by atoms with Crippen LogP contribution in [-0.2, 0) is 0 Å². The Kier molecular flexibility index (Phi) is 4.71. The first-order chi connectivity index (χ1) is 14.6. The van der Waals surface area contributed by atoms with Gasteiger partial charge in [-0.05, 0) is 49.7 Å². The number of nitrogens with zero attached hydrogens (tertiary/aromatic N) is 2. The summed E-state index contributed by atoms with van der Waals surface area (Å²) >= 11 is 1.59. The van der Waals surface area contributed by atoms with Gasteiger partial charge in [0.2, 0.25) is 0 Å². The minimum absolute atomic E-state index is 0.0455. The lowest BCUT2D eigenvalue weighted by atomic mass is 10.00. The molecule has 0 saturated carbocycles. The molecule has 150 valence electrons. The lowest BCUT2D eigenvalue weighted by Gasteiger charge is -2.26. The Morgan fingerprint density at radius 1 is 1.17 bits per heavy atom. The highest BCUT2D eigenvalue weighted by Crippen LogP contribution is 2.35. The predicted octanol–water partition coefficient (Wildman–Crippen LogP) is 5.23. The molecule has 0 spiro atoms. The summed E-state index contributed by atoms with van der Waals surface area (Å²) < 4.78 is 6.69. The molecule has 1 N–H and O–H groups in total. The van der Waals surface area contributed by atoms with Crippen molar-refractivity contribution in [1.82, 2.24) is 15.3 Å². The van der Waals surface area contributed by atoms with Crippen LogP contribution in [0, 0.1) is 13.8 Å². The fourth-order valence-corrected chi connectivity index (χ4v) is 5.09. The summed E-state index contributed by atoms with van der Waals surface area (Å²) in [6.07, 6.45) is 2.58. The zero-order valence-electron chi connectivity index (χ0n) is 16.8. The van der Waals surface area contributed by atoms with Crippen LogP contribution in [0.5, 0.6) is 5.75 Å². The molecule has 1 atom stereocenters. The van der Waals surface area contributed by atoms with Gasteiger partial charge in [-0.3, -0.25) is 9.78 Å². The number of rotatable bonds is 3. The van der Waals surface area contributed by atoms with Crippen LogP contribution in [0.25, 0.3) is 20.8 Å². The van der Waals surface area contributed by atoms with Gasteiger partial charge in [0, 0.05) is 35.0 Å². The van der Waals surface area contributed by atoms with Crippen molar-refractivity contribution in [1.29, 1.82) is 0 Å². The number of aryl methyl sites for hydroxylation is 2. The number of para-hydroxylation sites is 1. The van der Waals surface area contributed by atoms with E-state index >= 15 is 0 Å². The third-order valence-electron chi connectivity index (χ3n) is 5.48. The quantitative estimate of drug-likeness (QED) is 0.498. The third-order valence-corrected chi connectivity index (χ3v) is 6.51. The van der Waals surface area contributed by atoms with Gasteiger partial charge in [-0.1, -0.05) is 18.2 Å². The lowest BCUT2D eigenvalue weighted by molar-refractivity contribution is 0.0925. The summed E-state index contributed by atoms with van der Waals surface area (Å²) in [6.45, 7) is 4.67. The Bertz CT molecular complexity index is 1240. The molecule has 5 rings (SSSR count). The van der Waals surface area contributed by atoms with Crippen molar-refractivity contribution in [3.63, 3.8) is 0 Å². The standard InChI is InChI=1S/C24H21N3O2S/c1-14-9-11-25-15(2)22(14)24-27-19-8-7-16(13-21(19)30-24)23(28)26-18-10-12-29-20-6-4-3-5-17(18)20/h3-9,11,13,18H,10,12H2,1-2H3,(H,26,28)/t18-/m0/s1. The average molecular weight is 416 g/mol. The molecule has 0 saturated heterocycles.